The molecule has 0 unspecified atom stereocenters. The standard InChI is InChI=1S/C19H28FN3O/c20-16-7-9-17(10-8-16)21-18-6-5-11-22(14-18)15-19(24)23-12-3-1-2-4-13-23/h7-10,18,21H,1-6,11-15H2/t18-/m0/s1. The first kappa shape index (κ1) is 17.2. The molecule has 2 heterocycles. The molecule has 3 rings (SSSR count). The highest BCUT2D eigenvalue weighted by atomic mass is 19.1. The second-order valence-electron chi connectivity index (χ2n) is 7.02. The molecule has 5 heteroatoms. The highest BCUT2D eigenvalue weighted by Gasteiger charge is 2.24. The lowest BCUT2D eigenvalue weighted by atomic mass is 10.1. The number of amides is 1. The van der Waals surface area contributed by atoms with Crippen LogP contribution in [-0.2, 0) is 4.79 Å². The van der Waals surface area contributed by atoms with Crippen LogP contribution in [0.4, 0.5) is 10.1 Å². The number of hydrogen-bond acceptors (Lipinski definition) is 3. The molecule has 0 bridgehead atoms. The highest BCUT2D eigenvalue weighted by molar-refractivity contribution is 5.78. The fourth-order valence-electron chi connectivity index (χ4n) is 3.71. The van der Waals surface area contributed by atoms with Crippen LogP contribution in [0.5, 0.6) is 0 Å². The normalized spacial score (nSPS) is 22.9. The van der Waals surface area contributed by atoms with Gasteiger partial charge in [-0.3, -0.25) is 9.69 Å². The molecule has 1 aromatic rings. The number of likely N-dealkylation sites (tertiary alicyclic amines) is 2. The van der Waals surface area contributed by atoms with Crippen LogP contribution in [0.15, 0.2) is 24.3 Å². The van der Waals surface area contributed by atoms with E-state index < -0.39 is 0 Å². The molecule has 0 spiro atoms. The first-order valence-electron chi connectivity index (χ1n) is 9.23. The predicted molar refractivity (Wildman–Crippen MR) is 94.5 cm³/mol. The molecular weight excluding hydrogens is 305 g/mol. The van der Waals surface area contributed by atoms with Gasteiger partial charge in [0, 0.05) is 31.4 Å². The zero-order chi connectivity index (χ0) is 16.8. The molecule has 2 fully saturated rings. The monoisotopic (exact) mass is 333 g/mol. The van der Waals surface area contributed by atoms with Gasteiger partial charge in [-0.15, -0.1) is 0 Å². The summed E-state index contributed by atoms with van der Waals surface area (Å²) in [4.78, 5) is 16.9. The summed E-state index contributed by atoms with van der Waals surface area (Å²) in [5.74, 6) is 0.0631. The third-order valence-electron chi connectivity index (χ3n) is 5.04. The minimum atomic E-state index is -0.214. The number of halogens is 1. The minimum Gasteiger partial charge on any atom is -0.381 e. The van der Waals surface area contributed by atoms with Gasteiger partial charge >= 0.3 is 0 Å². The summed E-state index contributed by atoms with van der Waals surface area (Å²) in [7, 11) is 0. The topological polar surface area (TPSA) is 35.6 Å². The van der Waals surface area contributed by atoms with Crippen LogP contribution in [0, 0.1) is 5.82 Å². The van der Waals surface area contributed by atoms with E-state index >= 15 is 0 Å². The van der Waals surface area contributed by atoms with Gasteiger partial charge < -0.3 is 10.2 Å². The Balaban J connectivity index is 1.49. The van der Waals surface area contributed by atoms with E-state index in [0.717, 1.165) is 57.5 Å². The Kier molecular flexibility index (Phi) is 6.07. The van der Waals surface area contributed by atoms with Crippen LogP contribution < -0.4 is 5.32 Å². The molecule has 0 saturated carbocycles. The SMILES string of the molecule is O=C(CN1CCC[C@H](Nc2ccc(F)cc2)C1)N1CCCCCC1. The van der Waals surface area contributed by atoms with E-state index in [4.69, 9.17) is 0 Å². The predicted octanol–water partition coefficient (Wildman–Crippen LogP) is 3.10. The largest absolute Gasteiger partial charge is 0.381 e. The van der Waals surface area contributed by atoms with E-state index in [0.29, 0.717) is 12.6 Å². The first-order chi connectivity index (χ1) is 11.7. The summed E-state index contributed by atoms with van der Waals surface area (Å²) in [5, 5.41) is 3.47. The minimum absolute atomic E-state index is 0.214. The molecule has 0 radical (unpaired) electrons. The molecule has 132 valence electrons. The van der Waals surface area contributed by atoms with Gasteiger partial charge in [0.05, 0.1) is 6.54 Å². The molecule has 24 heavy (non-hydrogen) atoms. The average Bonchev–Trinajstić information content (AvgIpc) is 2.87. The molecule has 1 aromatic carbocycles. The molecular formula is C19H28FN3O. The second kappa shape index (κ2) is 8.47. The number of rotatable bonds is 4. The molecule has 1 N–H and O–H groups in total. The van der Waals surface area contributed by atoms with Gasteiger partial charge in [0.1, 0.15) is 5.82 Å². The summed E-state index contributed by atoms with van der Waals surface area (Å²) >= 11 is 0. The van der Waals surface area contributed by atoms with Crippen molar-refractivity contribution in [2.45, 2.75) is 44.6 Å². The Morgan fingerprint density at radius 1 is 1.04 bits per heavy atom. The van der Waals surface area contributed by atoms with Crippen LogP contribution in [0.1, 0.15) is 38.5 Å². The molecule has 2 saturated heterocycles. The maximum Gasteiger partial charge on any atom is 0.236 e. The Bertz CT molecular complexity index is 526. The number of piperidine rings is 1. The van der Waals surface area contributed by atoms with Crippen LogP contribution in [0.25, 0.3) is 0 Å². The van der Waals surface area contributed by atoms with Crippen molar-refractivity contribution in [2.75, 3.05) is 38.0 Å². The van der Waals surface area contributed by atoms with Gasteiger partial charge in [0.15, 0.2) is 0 Å². The lowest BCUT2D eigenvalue weighted by Crippen LogP contribution is -2.47. The number of nitrogens with one attached hydrogen (secondary N) is 1. The summed E-state index contributed by atoms with van der Waals surface area (Å²) in [5.41, 5.74) is 0.946. The van der Waals surface area contributed by atoms with Crippen LogP contribution >= 0.6 is 0 Å². The van der Waals surface area contributed by atoms with Crippen molar-refractivity contribution in [3.63, 3.8) is 0 Å². The molecule has 2 aliphatic heterocycles. The highest BCUT2D eigenvalue weighted by Crippen LogP contribution is 2.17. The van der Waals surface area contributed by atoms with E-state index in [1.54, 1.807) is 12.1 Å². The lowest BCUT2D eigenvalue weighted by Gasteiger charge is -2.34. The number of carbonyl (C=O) groups excluding carboxylic acids is 1. The van der Waals surface area contributed by atoms with Crippen molar-refractivity contribution >= 4 is 11.6 Å². The van der Waals surface area contributed by atoms with Crippen molar-refractivity contribution in [1.82, 2.24) is 9.80 Å². The van der Waals surface area contributed by atoms with Gasteiger partial charge in [-0.05, 0) is 56.5 Å². The quantitative estimate of drug-likeness (QED) is 0.920. The lowest BCUT2D eigenvalue weighted by molar-refractivity contribution is -0.132. The molecule has 4 nitrogen and oxygen atoms in total. The molecule has 0 aliphatic carbocycles. The molecule has 1 atom stereocenters. The third kappa shape index (κ3) is 4.94. The zero-order valence-electron chi connectivity index (χ0n) is 14.3. The fraction of sp³-hybridized carbons (Fsp3) is 0.632. The average molecular weight is 333 g/mol. The van der Waals surface area contributed by atoms with Crippen LogP contribution in [0.3, 0.4) is 0 Å². The number of hydrogen-bond donors (Lipinski definition) is 1. The van der Waals surface area contributed by atoms with Crippen molar-refractivity contribution in [2.24, 2.45) is 0 Å². The van der Waals surface area contributed by atoms with Gasteiger partial charge in [0.2, 0.25) is 5.91 Å². The Morgan fingerprint density at radius 3 is 2.46 bits per heavy atom. The first-order valence-corrected chi connectivity index (χ1v) is 9.23. The van der Waals surface area contributed by atoms with Crippen molar-refractivity contribution in [3.8, 4) is 0 Å². The van der Waals surface area contributed by atoms with Crippen LogP contribution in [-0.4, -0.2) is 54.5 Å². The Hall–Kier alpha value is -1.62. The van der Waals surface area contributed by atoms with Gasteiger partial charge in [-0.1, -0.05) is 12.8 Å². The fourth-order valence-corrected chi connectivity index (χ4v) is 3.71. The van der Waals surface area contributed by atoms with E-state index in [1.165, 1.54) is 25.0 Å². The molecule has 2 aliphatic rings. The van der Waals surface area contributed by atoms with Gasteiger partial charge in [0.25, 0.3) is 0 Å². The van der Waals surface area contributed by atoms with E-state index in [2.05, 4.69) is 10.2 Å². The summed E-state index contributed by atoms with van der Waals surface area (Å²) in [6, 6.07) is 6.83. The number of carbonyl (C=O) groups is 1. The van der Waals surface area contributed by atoms with Crippen molar-refractivity contribution in [1.29, 1.82) is 0 Å². The third-order valence-corrected chi connectivity index (χ3v) is 5.04. The second-order valence-corrected chi connectivity index (χ2v) is 7.02. The van der Waals surface area contributed by atoms with E-state index in [-0.39, 0.29) is 11.7 Å². The molecule has 0 aromatic heterocycles. The van der Waals surface area contributed by atoms with E-state index in [9.17, 15) is 9.18 Å². The van der Waals surface area contributed by atoms with Gasteiger partial charge in [-0.25, -0.2) is 4.39 Å². The maximum atomic E-state index is 13.0. The Labute approximate surface area is 144 Å². The van der Waals surface area contributed by atoms with Gasteiger partial charge in [-0.2, -0.15) is 0 Å². The number of nitrogens with zero attached hydrogens (tertiary/aromatic N) is 2. The van der Waals surface area contributed by atoms with Crippen LogP contribution in [0.2, 0.25) is 0 Å². The zero-order valence-corrected chi connectivity index (χ0v) is 14.3. The van der Waals surface area contributed by atoms with E-state index in [1.807, 2.05) is 4.90 Å². The molecule has 1 amide bonds. The summed E-state index contributed by atoms with van der Waals surface area (Å²) in [6.45, 7) is 4.23. The smallest absolute Gasteiger partial charge is 0.236 e. The summed E-state index contributed by atoms with van der Waals surface area (Å²) < 4.78 is 13.0. The maximum absolute atomic E-state index is 13.0. The number of anilines is 1. The summed E-state index contributed by atoms with van der Waals surface area (Å²) in [6.07, 6.45) is 6.95. The van der Waals surface area contributed by atoms with Crippen molar-refractivity contribution in [3.05, 3.63) is 30.1 Å². The Morgan fingerprint density at radius 2 is 1.75 bits per heavy atom. The van der Waals surface area contributed by atoms with Crippen molar-refractivity contribution < 1.29 is 9.18 Å². The number of benzene rings is 1.